The first kappa shape index (κ1) is 31.7. The van der Waals surface area contributed by atoms with Crippen LogP contribution >= 0.6 is 23.2 Å². The molecule has 0 spiro atoms. The monoisotopic (exact) mass is 630 g/mol. The molecule has 230 valence electrons. The summed E-state index contributed by atoms with van der Waals surface area (Å²) in [6.45, 7) is 10.6. The first-order valence-corrected chi connectivity index (χ1v) is 15.7. The highest BCUT2D eigenvalue weighted by Crippen LogP contribution is 2.45. The van der Waals surface area contributed by atoms with Gasteiger partial charge < -0.3 is 15.0 Å². The van der Waals surface area contributed by atoms with Crippen molar-refractivity contribution in [1.29, 1.82) is 0 Å². The summed E-state index contributed by atoms with van der Waals surface area (Å²) in [6, 6.07) is 14.0. The number of hydrogen-bond donors (Lipinski definition) is 1. The van der Waals surface area contributed by atoms with Gasteiger partial charge in [0.1, 0.15) is 5.75 Å². The Balaban J connectivity index is 1.49. The van der Waals surface area contributed by atoms with Crippen LogP contribution in [0.2, 0.25) is 10.0 Å². The highest BCUT2D eigenvalue weighted by molar-refractivity contribution is 6.34. The Morgan fingerprint density at radius 1 is 1.00 bits per heavy atom. The number of hydrogen-bond acceptors (Lipinski definition) is 4. The molecule has 0 saturated carbocycles. The van der Waals surface area contributed by atoms with Gasteiger partial charge in [0.15, 0.2) is 0 Å². The second-order valence-electron chi connectivity index (χ2n) is 12.0. The quantitative estimate of drug-likeness (QED) is 0.188. The molecule has 1 aromatic heterocycles. The van der Waals surface area contributed by atoms with Gasteiger partial charge in [-0.25, -0.2) is 0 Å². The van der Waals surface area contributed by atoms with Gasteiger partial charge in [0.2, 0.25) is 0 Å². The Labute approximate surface area is 270 Å². The number of carbonyl (C=O) groups is 1. The average Bonchev–Trinajstić information content (AvgIpc) is 3.45. The maximum atomic E-state index is 14.0. The highest BCUT2D eigenvalue weighted by Gasteiger charge is 2.31. The number of aromatic nitrogens is 2. The number of allylic oxidation sites excluding steroid dienone is 1. The van der Waals surface area contributed by atoms with E-state index in [1.54, 1.807) is 0 Å². The van der Waals surface area contributed by atoms with E-state index in [4.69, 9.17) is 27.9 Å². The number of nitrogens with zero attached hydrogens (tertiary/aromatic N) is 3. The van der Waals surface area contributed by atoms with E-state index in [9.17, 15) is 4.79 Å². The van der Waals surface area contributed by atoms with Crippen LogP contribution in [0.5, 0.6) is 5.75 Å². The molecule has 0 fully saturated rings. The zero-order chi connectivity index (χ0) is 31.9. The third-order valence-electron chi connectivity index (χ3n) is 8.42. The number of carbonyl (C=O) groups excluding carboxylic acids is 1. The van der Waals surface area contributed by atoms with E-state index < -0.39 is 0 Å². The molecular weight excluding hydrogens is 591 g/mol. The molecule has 0 unspecified atom stereocenters. The lowest BCUT2D eigenvalue weighted by Gasteiger charge is -2.16. The van der Waals surface area contributed by atoms with Gasteiger partial charge in [-0.1, -0.05) is 29.3 Å². The second-order valence-corrected chi connectivity index (χ2v) is 12.8. The van der Waals surface area contributed by atoms with Crippen LogP contribution in [-0.4, -0.2) is 36.4 Å². The van der Waals surface area contributed by atoms with E-state index in [2.05, 4.69) is 29.5 Å². The molecule has 4 aromatic rings. The first-order chi connectivity index (χ1) is 20.8. The maximum Gasteiger partial charge on any atom is 0.252 e. The van der Waals surface area contributed by atoms with E-state index in [-0.39, 0.29) is 5.91 Å². The van der Waals surface area contributed by atoms with Crippen LogP contribution in [0.15, 0.2) is 48.0 Å². The Morgan fingerprint density at radius 2 is 1.70 bits per heavy atom. The molecule has 1 amide bonds. The molecule has 1 N–H and O–H groups in total. The Hall–Kier alpha value is -3.74. The Kier molecular flexibility index (Phi) is 9.15. The minimum Gasteiger partial charge on any atom is -0.494 e. The molecule has 0 atom stereocenters. The smallest absolute Gasteiger partial charge is 0.252 e. The summed E-state index contributed by atoms with van der Waals surface area (Å²) in [5, 5.41) is 9.29. The summed E-state index contributed by atoms with van der Waals surface area (Å²) >= 11 is 13.3. The largest absolute Gasteiger partial charge is 0.494 e. The van der Waals surface area contributed by atoms with E-state index >= 15 is 0 Å². The predicted octanol–water partition coefficient (Wildman–Crippen LogP) is 8.81. The molecule has 8 heteroatoms. The summed E-state index contributed by atoms with van der Waals surface area (Å²) in [6.07, 6.45) is 1.91. The summed E-state index contributed by atoms with van der Waals surface area (Å²) in [5.41, 5.74) is 12.7. The molecule has 1 heterocycles. The number of aryl methyl sites for hydroxylation is 5. The highest BCUT2D eigenvalue weighted by atomic mass is 35.5. The average molecular weight is 632 g/mol. The van der Waals surface area contributed by atoms with Crippen molar-refractivity contribution < 1.29 is 9.53 Å². The molecular formula is C36H40Cl2N4O2. The van der Waals surface area contributed by atoms with Crippen LogP contribution in [0.4, 0.5) is 11.4 Å². The number of fused-ring (bicyclic) bond motifs is 1. The van der Waals surface area contributed by atoms with Gasteiger partial charge in [0, 0.05) is 71.4 Å². The van der Waals surface area contributed by atoms with E-state index in [0.29, 0.717) is 24.5 Å². The molecule has 6 nitrogen and oxygen atoms in total. The fourth-order valence-corrected chi connectivity index (χ4v) is 6.55. The first-order valence-electron chi connectivity index (χ1n) is 14.9. The SMILES string of the molecule is Cc1cc(NC(=O)C2=C(CCCOc3cc(C)c(Cl)c(C)c3)c3ccc(Cl)c(-c4c(C)nn(C)c4C)c3C2)cc(N(C)C)c1. The second kappa shape index (κ2) is 12.7. The molecule has 0 saturated heterocycles. The summed E-state index contributed by atoms with van der Waals surface area (Å²) in [4.78, 5) is 16.1. The van der Waals surface area contributed by atoms with Crippen molar-refractivity contribution in [3.8, 4) is 16.9 Å². The molecule has 0 radical (unpaired) electrons. The summed E-state index contributed by atoms with van der Waals surface area (Å²) in [7, 11) is 5.94. The third-order valence-corrected chi connectivity index (χ3v) is 9.34. The lowest BCUT2D eigenvalue weighted by molar-refractivity contribution is -0.112. The van der Waals surface area contributed by atoms with Crippen LogP contribution in [0.25, 0.3) is 16.7 Å². The number of benzene rings is 3. The van der Waals surface area contributed by atoms with Crippen molar-refractivity contribution in [2.45, 2.75) is 53.9 Å². The molecule has 44 heavy (non-hydrogen) atoms. The molecule has 5 rings (SSSR count). The number of ether oxygens (including phenoxy) is 1. The van der Waals surface area contributed by atoms with Gasteiger partial charge >= 0.3 is 0 Å². The van der Waals surface area contributed by atoms with Crippen LogP contribution in [0, 0.1) is 34.6 Å². The van der Waals surface area contributed by atoms with Gasteiger partial charge in [0.25, 0.3) is 5.91 Å². The molecule has 1 aliphatic carbocycles. The predicted molar refractivity (Wildman–Crippen MR) is 184 cm³/mol. The van der Waals surface area contributed by atoms with Crippen LogP contribution < -0.4 is 15.0 Å². The number of amides is 1. The van der Waals surface area contributed by atoms with Crippen molar-refractivity contribution in [1.82, 2.24) is 9.78 Å². The normalized spacial score (nSPS) is 12.5. The third kappa shape index (κ3) is 6.24. The Morgan fingerprint density at radius 3 is 2.34 bits per heavy atom. The minimum atomic E-state index is -0.0990. The minimum absolute atomic E-state index is 0.0990. The van der Waals surface area contributed by atoms with Gasteiger partial charge in [-0.15, -0.1) is 0 Å². The molecule has 3 aromatic carbocycles. The fraction of sp³-hybridized carbons (Fsp3) is 0.333. The zero-order valence-corrected chi connectivity index (χ0v) is 28.3. The fourth-order valence-electron chi connectivity index (χ4n) is 6.17. The molecule has 0 aliphatic heterocycles. The number of anilines is 2. The van der Waals surface area contributed by atoms with Crippen molar-refractivity contribution in [2.75, 3.05) is 30.9 Å². The number of rotatable bonds is 9. The topological polar surface area (TPSA) is 59.4 Å². The van der Waals surface area contributed by atoms with E-state index in [1.165, 1.54) is 0 Å². The van der Waals surface area contributed by atoms with E-state index in [1.807, 2.05) is 88.8 Å². The molecule has 1 aliphatic rings. The van der Waals surface area contributed by atoms with Crippen molar-refractivity contribution >= 4 is 46.1 Å². The number of halogens is 2. The van der Waals surface area contributed by atoms with E-state index in [0.717, 1.165) is 90.0 Å². The molecule has 0 bridgehead atoms. The summed E-state index contributed by atoms with van der Waals surface area (Å²) < 4.78 is 8.02. The number of nitrogens with one attached hydrogen (secondary N) is 1. The van der Waals surface area contributed by atoms with Crippen molar-refractivity contribution in [3.63, 3.8) is 0 Å². The van der Waals surface area contributed by atoms with Gasteiger partial charge in [0.05, 0.1) is 12.3 Å². The van der Waals surface area contributed by atoms with Crippen molar-refractivity contribution in [2.24, 2.45) is 7.05 Å². The summed E-state index contributed by atoms with van der Waals surface area (Å²) in [5.74, 6) is 0.703. The van der Waals surface area contributed by atoms with Crippen LogP contribution in [0.1, 0.15) is 52.0 Å². The standard InChI is InChI=1S/C36H40Cl2N4O2/c1-20-14-25(18-26(15-20)41(6)7)39-36(43)31-19-30-29(11-12-32(37)34(30)33-23(4)40-42(8)24(33)5)28(31)10-9-13-44-27-16-21(2)35(38)22(3)17-27/h11-12,14-18H,9-10,13,19H2,1-8H3,(H,39,43). The Bertz CT molecular complexity index is 1780. The lowest BCUT2D eigenvalue weighted by atomic mass is 9.93. The van der Waals surface area contributed by atoms with Gasteiger partial charge in [-0.05, 0) is 117 Å². The van der Waals surface area contributed by atoms with Gasteiger partial charge in [-0.2, -0.15) is 5.10 Å². The lowest BCUT2D eigenvalue weighted by Crippen LogP contribution is -2.16. The van der Waals surface area contributed by atoms with Crippen molar-refractivity contribution in [3.05, 3.63) is 97.3 Å². The maximum absolute atomic E-state index is 14.0. The van der Waals surface area contributed by atoms with Gasteiger partial charge in [-0.3, -0.25) is 9.48 Å². The van der Waals surface area contributed by atoms with Crippen LogP contribution in [0.3, 0.4) is 0 Å². The van der Waals surface area contributed by atoms with Crippen LogP contribution in [-0.2, 0) is 18.3 Å². The zero-order valence-electron chi connectivity index (χ0n) is 26.8.